The molecule has 2 atom stereocenters. The molecular weight excluding hydrogens is 435 g/mol. The lowest BCUT2D eigenvalue weighted by atomic mass is 10.1. The van der Waals surface area contributed by atoms with Gasteiger partial charge in [0.2, 0.25) is 10.0 Å². The Morgan fingerprint density at radius 2 is 1.90 bits per heavy atom. The highest BCUT2D eigenvalue weighted by Crippen LogP contribution is 2.41. The minimum atomic E-state index is -3.40. The zero-order valence-corrected chi connectivity index (χ0v) is 17.3. The number of sulfonamides is 1. The molecule has 1 saturated heterocycles. The fraction of sp³-hybridized carbons (Fsp3) is 0.526. The Morgan fingerprint density at radius 3 is 2.52 bits per heavy atom. The molecule has 5 rings (SSSR count). The van der Waals surface area contributed by atoms with Crippen LogP contribution in [0.3, 0.4) is 0 Å². The molecule has 3 heterocycles. The minimum absolute atomic E-state index is 0.0813. The van der Waals surface area contributed by atoms with Crippen LogP contribution in [0.5, 0.6) is 0 Å². The van der Waals surface area contributed by atoms with Crippen molar-refractivity contribution >= 4 is 21.4 Å². The van der Waals surface area contributed by atoms with Crippen molar-refractivity contribution in [3.63, 3.8) is 0 Å². The zero-order valence-electron chi connectivity index (χ0n) is 16.5. The number of nitrogens with zero attached hydrogens (tertiary/aromatic N) is 4. The van der Waals surface area contributed by atoms with Gasteiger partial charge in [-0.1, -0.05) is 0 Å². The molecule has 168 valence electrons. The number of hydrogen-bond donors (Lipinski definition) is 2. The van der Waals surface area contributed by atoms with Crippen molar-refractivity contribution in [3.05, 3.63) is 41.5 Å². The van der Waals surface area contributed by atoms with Crippen molar-refractivity contribution < 1.29 is 26.7 Å². The fourth-order valence-electron chi connectivity index (χ4n) is 4.45. The number of hydrogen-bond acceptors (Lipinski definition) is 6. The molecular formula is C19H22F3N5O3S. The summed E-state index contributed by atoms with van der Waals surface area (Å²) in [4.78, 5) is 1.74. The summed E-state index contributed by atoms with van der Waals surface area (Å²) in [6.45, 7) is 1.03. The van der Waals surface area contributed by atoms with Crippen LogP contribution in [0, 0.1) is 23.4 Å². The first-order chi connectivity index (χ1) is 14.7. The molecule has 1 aliphatic carbocycles. The van der Waals surface area contributed by atoms with Gasteiger partial charge in [0.05, 0.1) is 29.9 Å². The first-order valence-corrected chi connectivity index (χ1v) is 11.8. The number of aliphatic hydroxyl groups is 1. The van der Waals surface area contributed by atoms with Crippen LogP contribution in [-0.4, -0.2) is 52.9 Å². The van der Waals surface area contributed by atoms with E-state index >= 15 is 0 Å². The third kappa shape index (κ3) is 3.66. The summed E-state index contributed by atoms with van der Waals surface area (Å²) in [5.41, 5.74) is 1.04. The normalized spacial score (nSPS) is 24.3. The van der Waals surface area contributed by atoms with Gasteiger partial charge >= 0.3 is 0 Å². The topological polar surface area (TPSA) is 90.7 Å². The molecule has 0 bridgehead atoms. The Hall–Kier alpha value is -2.31. The maximum Gasteiger partial charge on any atom is 0.235 e. The number of benzene rings is 1. The number of aliphatic hydroxyl groups excluding tert-OH is 1. The molecule has 2 fully saturated rings. The van der Waals surface area contributed by atoms with E-state index in [1.54, 1.807) is 9.58 Å². The first kappa shape index (κ1) is 20.6. The summed E-state index contributed by atoms with van der Waals surface area (Å²) in [5, 5.41) is 17.9. The highest BCUT2D eigenvalue weighted by Gasteiger charge is 2.43. The van der Waals surface area contributed by atoms with Crippen LogP contribution in [0.1, 0.15) is 25.0 Å². The second-order valence-corrected chi connectivity index (χ2v) is 10.3. The van der Waals surface area contributed by atoms with E-state index in [-0.39, 0.29) is 24.0 Å². The van der Waals surface area contributed by atoms with Crippen molar-refractivity contribution in [2.45, 2.75) is 44.7 Å². The van der Waals surface area contributed by atoms with Crippen molar-refractivity contribution in [1.82, 2.24) is 14.7 Å². The summed E-state index contributed by atoms with van der Waals surface area (Å²) < 4.78 is 68.3. The number of aromatic nitrogens is 2. The van der Waals surface area contributed by atoms with E-state index < -0.39 is 33.8 Å². The number of rotatable bonds is 5. The van der Waals surface area contributed by atoms with E-state index in [0.717, 1.165) is 25.0 Å². The van der Waals surface area contributed by atoms with Crippen LogP contribution in [-0.2, 0) is 23.1 Å². The van der Waals surface area contributed by atoms with Crippen LogP contribution in [0.2, 0.25) is 0 Å². The molecule has 0 spiro atoms. The van der Waals surface area contributed by atoms with Gasteiger partial charge < -0.3 is 10.4 Å². The van der Waals surface area contributed by atoms with E-state index in [9.17, 15) is 26.7 Å². The van der Waals surface area contributed by atoms with Crippen molar-refractivity contribution in [1.29, 1.82) is 0 Å². The third-order valence-corrected chi connectivity index (χ3v) is 8.03. The number of fused-ring (bicyclic) bond motifs is 1. The van der Waals surface area contributed by atoms with Crippen LogP contribution >= 0.6 is 0 Å². The number of halogens is 3. The monoisotopic (exact) mass is 457 g/mol. The number of nitrogens with one attached hydrogen (secondary N) is 1. The first-order valence-electron chi connectivity index (χ1n) is 10.1. The molecule has 31 heavy (non-hydrogen) atoms. The van der Waals surface area contributed by atoms with Gasteiger partial charge in [-0.05, 0) is 25.2 Å². The molecule has 1 aromatic heterocycles. The van der Waals surface area contributed by atoms with Gasteiger partial charge in [0.25, 0.3) is 0 Å². The summed E-state index contributed by atoms with van der Waals surface area (Å²) in [6, 6.07) is 1.47. The SMILES string of the molecule is O=S1(=O)CCCN1c1cnn2c1CN(C(O)Nc1cc(F)c(F)c(F)c1)[C@@H](C1CC1)C2. The standard InChI is InChI=1S/C19H22F3N5O3S/c20-13-6-12(7-14(21)18(13)22)24-19(28)25-9-17-15(27-4-1-5-31(27,29)30)8-23-26(17)10-16(25)11-2-3-11/h6-8,11,16,19,24,28H,1-5,9-10H2/t16-,19?/m1/s1. The van der Waals surface area contributed by atoms with Crippen molar-refractivity contribution in [3.8, 4) is 0 Å². The van der Waals surface area contributed by atoms with E-state index in [0.29, 0.717) is 36.8 Å². The molecule has 0 amide bonds. The predicted molar refractivity (Wildman–Crippen MR) is 106 cm³/mol. The lowest BCUT2D eigenvalue weighted by molar-refractivity contribution is -0.0366. The van der Waals surface area contributed by atoms with Crippen LogP contribution in [0.25, 0.3) is 0 Å². The lowest BCUT2D eigenvalue weighted by Crippen LogP contribution is -2.52. The molecule has 1 unspecified atom stereocenters. The van der Waals surface area contributed by atoms with Gasteiger partial charge in [0.1, 0.15) is 0 Å². The third-order valence-electron chi connectivity index (χ3n) is 6.17. The fourth-order valence-corrected chi connectivity index (χ4v) is 6.02. The highest BCUT2D eigenvalue weighted by molar-refractivity contribution is 7.93. The average Bonchev–Trinajstić information content (AvgIpc) is 3.39. The molecule has 2 aromatic rings. The summed E-state index contributed by atoms with van der Waals surface area (Å²) >= 11 is 0. The second kappa shape index (κ2) is 7.38. The van der Waals surface area contributed by atoms with Gasteiger partial charge in [0.15, 0.2) is 23.8 Å². The summed E-state index contributed by atoms with van der Waals surface area (Å²) in [6.07, 6.45) is 2.72. The quantitative estimate of drug-likeness (QED) is 0.526. The van der Waals surface area contributed by atoms with E-state index in [4.69, 9.17) is 0 Å². The maximum absolute atomic E-state index is 13.6. The second-order valence-electron chi connectivity index (χ2n) is 8.25. The molecule has 1 saturated carbocycles. The Morgan fingerprint density at radius 1 is 1.19 bits per heavy atom. The Kier molecular flexibility index (Phi) is 4.90. The van der Waals surface area contributed by atoms with E-state index in [1.165, 1.54) is 10.5 Å². The lowest BCUT2D eigenvalue weighted by Gasteiger charge is -2.40. The average molecular weight is 457 g/mol. The Labute approximate surface area is 177 Å². The number of anilines is 2. The molecule has 12 heteroatoms. The summed E-state index contributed by atoms with van der Waals surface area (Å²) in [5.74, 6) is -3.88. The van der Waals surface area contributed by atoms with E-state index in [1.807, 2.05) is 0 Å². The molecule has 8 nitrogen and oxygen atoms in total. The smallest absolute Gasteiger partial charge is 0.235 e. The van der Waals surface area contributed by atoms with Gasteiger partial charge in [0, 0.05) is 37.0 Å². The molecule has 2 aliphatic heterocycles. The zero-order chi connectivity index (χ0) is 21.9. The van der Waals surface area contributed by atoms with Crippen LogP contribution < -0.4 is 9.62 Å². The van der Waals surface area contributed by atoms with Crippen LogP contribution in [0.15, 0.2) is 18.3 Å². The largest absolute Gasteiger partial charge is 0.361 e. The maximum atomic E-state index is 13.6. The molecule has 3 aliphatic rings. The van der Waals surface area contributed by atoms with Gasteiger partial charge in [-0.3, -0.25) is 8.99 Å². The highest BCUT2D eigenvalue weighted by atomic mass is 32.2. The van der Waals surface area contributed by atoms with Crippen molar-refractivity contribution in [2.75, 3.05) is 21.9 Å². The van der Waals surface area contributed by atoms with Crippen molar-refractivity contribution in [2.24, 2.45) is 5.92 Å². The predicted octanol–water partition coefficient (Wildman–Crippen LogP) is 1.82. The Bertz CT molecular complexity index is 1100. The van der Waals surface area contributed by atoms with Crippen LogP contribution in [0.4, 0.5) is 24.5 Å². The molecule has 2 N–H and O–H groups in total. The van der Waals surface area contributed by atoms with Gasteiger partial charge in [-0.15, -0.1) is 0 Å². The molecule has 0 radical (unpaired) electrons. The van der Waals surface area contributed by atoms with Gasteiger partial charge in [-0.2, -0.15) is 5.10 Å². The minimum Gasteiger partial charge on any atom is -0.361 e. The Balaban J connectivity index is 1.43. The van der Waals surface area contributed by atoms with E-state index in [2.05, 4.69) is 10.4 Å². The summed E-state index contributed by atoms with van der Waals surface area (Å²) in [7, 11) is -3.40. The van der Waals surface area contributed by atoms with Gasteiger partial charge in [-0.25, -0.2) is 26.5 Å². The molecule has 1 aromatic carbocycles.